The smallest absolute Gasteiger partial charge is 0.251 e. The number of imide groups is 1. The van der Waals surface area contributed by atoms with Crippen LogP contribution in [0.5, 0.6) is 0 Å². The molecule has 3 N–H and O–H groups in total. The van der Waals surface area contributed by atoms with Gasteiger partial charge in [0.1, 0.15) is 0 Å². The van der Waals surface area contributed by atoms with Crippen molar-refractivity contribution in [2.45, 2.75) is 32.6 Å². The van der Waals surface area contributed by atoms with Gasteiger partial charge in [-0.3, -0.25) is 19.7 Å². The van der Waals surface area contributed by atoms with Gasteiger partial charge in [0.05, 0.1) is 5.92 Å². The van der Waals surface area contributed by atoms with Crippen molar-refractivity contribution in [1.29, 1.82) is 0 Å². The molecule has 1 aromatic rings. The highest BCUT2D eigenvalue weighted by Crippen LogP contribution is 2.26. The number of benzene rings is 1. The van der Waals surface area contributed by atoms with E-state index in [0.29, 0.717) is 18.5 Å². The summed E-state index contributed by atoms with van der Waals surface area (Å²) in [6.45, 7) is 4.89. The Labute approximate surface area is 159 Å². The van der Waals surface area contributed by atoms with Gasteiger partial charge >= 0.3 is 0 Å². The van der Waals surface area contributed by atoms with Gasteiger partial charge in [-0.15, -0.1) is 12.4 Å². The second-order valence-electron chi connectivity index (χ2n) is 7.46. The molecule has 0 bridgehead atoms. The van der Waals surface area contributed by atoms with E-state index < -0.39 is 0 Å². The number of carbonyl (C=O) groups excluding carboxylic acids is 3. The molecule has 2 aliphatic heterocycles. The summed E-state index contributed by atoms with van der Waals surface area (Å²) < 4.78 is 0. The number of carbonyl (C=O) groups is 3. The topological polar surface area (TPSA) is 87.3 Å². The fraction of sp³-hybridized carbons (Fsp3) is 0.526. The van der Waals surface area contributed by atoms with Gasteiger partial charge in [-0.1, -0.05) is 19.1 Å². The van der Waals surface area contributed by atoms with Crippen LogP contribution < -0.4 is 16.0 Å². The second kappa shape index (κ2) is 8.64. The average molecular weight is 380 g/mol. The molecule has 0 spiro atoms. The fourth-order valence-corrected chi connectivity index (χ4v) is 3.45. The number of hydrogen-bond donors (Lipinski definition) is 3. The Bertz CT molecular complexity index is 669. The standard InChI is InChI=1S/C19H25N3O3.ClH/c1-19(6-8-20-9-7-19)12-21-17(24)14-4-2-13(3-5-14)10-15-11-16(23)22-18(15)25;/h2-5,15,20H,6-12H2,1H3,(H,21,24)(H,22,23,25);1H. The van der Waals surface area contributed by atoms with Gasteiger partial charge in [-0.2, -0.15) is 0 Å². The van der Waals surface area contributed by atoms with E-state index in [1.165, 1.54) is 0 Å². The summed E-state index contributed by atoms with van der Waals surface area (Å²) >= 11 is 0. The number of amides is 3. The van der Waals surface area contributed by atoms with Crippen LogP contribution in [0.2, 0.25) is 0 Å². The van der Waals surface area contributed by atoms with Crippen LogP contribution in [0.15, 0.2) is 24.3 Å². The Kier molecular flexibility index (Phi) is 6.78. The Morgan fingerprint density at radius 2 is 1.85 bits per heavy atom. The fourth-order valence-electron chi connectivity index (χ4n) is 3.45. The van der Waals surface area contributed by atoms with Gasteiger partial charge in [-0.25, -0.2) is 0 Å². The summed E-state index contributed by atoms with van der Waals surface area (Å²) in [5.41, 5.74) is 1.73. The van der Waals surface area contributed by atoms with Crippen molar-refractivity contribution in [3.05, 3.63) is 35.4 Å². The molecular weight excluding hydrogens is 354 g/mol. The Hall–Kier alpha value is -1.92. The number of hydrogen-bond acceptors (Lipinski definition) is 4. The van der Waals surface area contributed by atoms with E-state index in [1.54, 1.807) is 12.1 Å². The molecule has 1 unspecified atom stereocenters. The van der Waals surface area contributed by atoms with Gasteiger partial charge in [0.25, 0.3) is 5.91 Å². The summed E-state index contributed by atoms with van der Waals surface area (Å²) in [7, 11) is 0. The molecule has 0 saturated carbocycles. The third-order valence-corrected chi connectivity index (χ3v) is 5.25. The van der Waals surface area contributed by atoms with Gasteiger partial charge in [0, 0.05) is 18.5 Å². The molecule has 3 rings (SSSR count). The first kappa shape index (κ1) is 20.4. The lowest BCUT2D eigenvalue weighted by atomic mass is 9.81. The Balaban J connectivity index is 0.00000243. The molecule has 0 radical (unpaired) electrons. The zero-order valence-electron chi connectivity index (χ0n) is 15.0. The van der Waals surface area contributed by atoms with Crippen molar-refractivity contribution >= 4 is 30.1 Å². The zero-order chi connectivity index (χ0) is 17.9. The third-order valence-electron chi connectivity index (χ3n) is 5.25. The molecule has 0 aliphatic carbocycles. The van der Waals surface area contributed by atoms with Gasteiger partial charge in [0.2, 0.25) is 11.8 Å². The molecule has 2 fully saturated rings. The van der Waals surface area contributed by atoms with Crippen LogP contribution in [-0.4, -0.2) is 37.4 Å². The quantitative estimate of drug-likeness (QED) is 0.675. The second-order valence-corrected chi connectivity index (χ2v) is 7.46. The van der Waals surface area contributed by atoms with Gasteiger partial charge in [0.15, 0.2) is 0 Å². The number of rotatable bonds is 5. The number of halogens is 1. The highest BCUT2D eigenvalue weighted by Gasteiger charge is 2.30. The molecule has 0 aromatic heterocycles. The van der Waals surface area contributed by atoms with Crippen molar-refractivity contribution in [3.8, 4) is 0 Å². The van der Waals surface area contributed by atoms with Crippen LogP contribution in [0.4, 0.5) is 0 Å². The molecule has 1 aromatic carbocycles. The summed E-state index contributed by atoms with van der Waals surface area (Å²) in [5.74, 6) is -0.786. The molecule has 26 heavy (non-hydrogen) atoms. The number of nitrogens with one attached hydrogen (secondary N) is 3. The van der Waals surface area contributed by atoms with E-state index >= 15 is 0 Å². The lowest BCUT2D eigenvalue weighted by molar-refractivity contribution is -0.125. The Morgan fingerprint density at radius 1 is 1.19 bits per heavy atom. The predicted molar refractivity (Wildman–Crippen MR) is 101 cm³/mol. The molecule has 2 heterocycles. The Morgan fingerprint density at radius 3 is 2.42 bits per heavy atom. The van der Waals surface area contributed by atoms with Crippen LogP contribution in [0.1, 0.15) is 42.1 Å². The average Bonchev–Trinajstić information content (AvgIpc) is 2.91. The first-order valence-electron chi connectivity index (χ1n) is 8.87. The summed E-state index contributed by atoms with van der Waals surface area (Å²) in [6.07, 6.45) is 2.89. The van der Waals surface area contributed by atoms with Crippen LogP contribution in [0, 0.1) is 11.3 Å². The number of piperidine rings is 1. The van der Waals surface area contributed by atoms with E-state index in [0.717, 1.165) is 31.5 Å². The lowest BCUT2D eigenvalue weighted by Crippen LogP contribution is -2.42. The van der Waals surface area contributed by atoms with Crippen molar-refractivity contribution < 1.29 is 14.4 Å². The van der Waals surface area contributed by atoms with E-state index in [1.807, 2.05) is 12.1 Å². The molecule has 2 saturated heterocycles. The summed E-state index contributed by atoms with van der Waals surface area (Å²) in [5, 5.41) is 8.70. The minimum atomic E-state index is -0.299. The van der Waals surface area contributed by atoms with Crippen molar-refractivity contribution in [3.63, 3.8) is 0 Å². The highest BCUT2D eigenvalue weighted by atomic mass is 35.5. The highest BCUT2D eigenvalue weighted by molar-refractivity contribution is 6.03. The van der Waals surface area contributed by atoms with Crippen molar-refractivity contribution in [2.75, 3.05) is 19.6 Å². The SMILES string of the molecule is CC1(CNC(=O)c2ccc(CC3CC(=O)NC3=O)cc2)CCNCC1.Cl. The van der Waals surface area contributed by atoms with Crippen molar-refractivity contribution in [2.24, 2.45) is 11.3 Å². The van der Waals surface area contributed by atoms with Crippen LogP contribution >= 0.6 is 12.4 Å². The summed E-state index contributed by atoms with van der Waals surface area (Å²) in [4.78, 5) is 35.2. The lowest BCUT2D eigenvalue weighted by Gasteiger charge is -2.34. The molecule has 7 heteroatoms. The van der Waals surface area contributed by atoms with E-state index in [4.69, 9.17) is 0 Å². The molecule has 2 aliphatic rings. The predicted octanol–water partition coefficient (Wildman–Crippen LogP) is 1.43. The van der Waals surface area contributed by atoms with E-state index in [2.05, 4.69) is 22.9 Å². The molecule has 3 amide bonds. The zero-order valence-corrected chi connectivity index (χ0v) is 15.8. The molecule has 142 valence electrons. The maximum absolute atomic E-state index is 12.3. The first-order valence-corrected chi connectivity index (χ1v) is 8.87. The van der Waals surface area contributed by atoms with Gasteiger partial charge in [-0.05, 0) is 55.5 Å². The largest absolute Gasteiger partial charge is 0.351 e. The minimum absolute atomic E-state index is 0. The van der Waals surface area contributed by atoms with Crippen molar-refractivity contribution in [1.82, 2.24) is 16.0 Å². The van der Waals surface area contributed by atoms with E-state index in [9.17, 15) is 14.4 Å². The normalized spacial score (nSPS) is 21.7. The molecule has 1 atom stereocenters. The molecule has 6 nitrogen and oxygen atoms in total. The third kappa shape index (κ3) is 5.05. The van der Waals surface area contributed by atoms with Crippen LogP contribution in [-0.2, 0) is 16.0 Å². The van der Waals surface area contributed by atoms with Crippen LogP contribution in [0.25, 0.3) is 0 Å². The van der Waals surface area contributed by atoms with Gasteiger partial charge < -0.3 is 10.6 Å². The first-order chi connectivity index (χ1) is 12.0. The minimum Gasteiger partial charge on any atom is -0.351 e. The van der Waals surface area contributed by atoms with Crippen LogP contribution in [0.3, 0.4) is 0 Å². The maximum Gasteiger partial charge on any atom is 0.251 e. The maximum atomic E-state index is 12.3. The van der Waals surface area contributed by atoms with E-state index in [-0.39, 0.29) is 47.9 Å². The monoisotopic (exact) mass is 379 g/mol. The molecular formula is C19H26ClN3O3. The summed E-state index contributed by atoms with van der Waals surface area (Å²) in [6, 6.07) is 7.28.